The van der Waals surface area contributed by atoms with E-state index in [0.29, 0.717) is 23.8 Å². The molecular formula is C29H41ClN2O4. The minimum atomic E-state index is -0.620. The van der Waals surface area contributed by atoms with Crippen LogP contribution in [0.2, 0.25) is 5.02 Å². The molecule has 0 aliphatic carbocycles. The number of halogens is 1. The summed E-state index contributed by atoms with van der Waals surface area (Å²) in [4.78, 5) is 20.0. The molecule has 198 valence electrons. The molecule has 1 aromatic rings. The molecule has 1 amide bonds. The van der Waals surface area contributed by atoms with Gasteiger partial charge >= 0.3 is 0 Å². The summed E-state index contributed by atoms with van der Waals surface area (Å²) < 4.78 is 6.35. The molecular weight excluding hydrogens is 476 g/mol. The normalized spacial score (nSPS) is 22.8. The number of ether oxygens (including phenoxy) is 1. The summed E-state index contributed by atoms with van der Waals surface area (Å²) in [5, 5.41) is 15.3. The van der Waals surface area contributed by atoms with E-state index in [1.807, 2.05) is 24.8 Å². The molecule has 1 saturated heterocycles. The summed E-state index contributed by atoms with van der Waals surface area (Å²) in [5.74, 6) is 0.0121. The first-order valence-electron chi connectivity index (χ1n) is 13.2. The van der Waals surface area contributed by atoms with E-state index >= 15 is 0 Å². The number of phenolic OH excluding ortho intramolecular Hbond substituents is 1. The quantitative estimate of drug-likeness (QED) is 0.367. The number of allylic oxidation sites excluding steroid dienone is 3. The predicted octanol–water partition coefficient (Wildman–Crippen LogP) is 6.47. The maximum Gasteiger partial charge on any atom is 0.263 e. The largest absolute Gasteiger partial charge is 0.506 e. The summed E-state index contributed by atoms with van der Waals surface area (Å²) in [5.41, 5.74) is 3.93. The Bertz CT molecular complexity index is 1010. The van der Waals surface area contributed by atoms with Gasteiger partial charge < -0.3 is 19.6 Å². The van der Waals surface area contributed by atoms with Crippen molar-refractivity contribution in [1.82, 2.24) is 4.90 Å². The zero-order valence-corrected chi connectivity index (χ0v) is 23.0. The number of nitrogens with zero attached hydrogens (tertiary/aromatic N) is 2. The summed E-state index contributed by atoms with van der Waals surface area (Å²) in [6, 6.07) is 1.74. The summed E-state index contributed by atoms with van der Waals surface area (Å²) >= 11 is 6.71. The van der Waals surface area contributed by atoms with E-state index in [9.17, 15) is 9.90 Å². The molecule has 0 unspecified atom stereocenters. The number of likely N-dealkylation sites (tertiary alicyclic amines) is 1. The molecule has 2 aliphatic heterocycles. The lowest BCUT2D eigenvalue weighted by Gasteiger charge is -2.31. The lowest BCUT2D eigenvalue weighted by Crippen LogP contribution is -2.37. The third kappa shape index (κ3) is 7.59. The molecule has 0 saturated carbocycles. The lowest BCUT2D eigenvalue weighted by atomic mass is 9.84. The van der Waals surface area contributed by atoms with Crippen molar-refractivity contribution >= 4 is 23.2 Å². The van der Waals surface area contributed by atoms with E-state index in [0.717, 1.165) is 73.9 Å². The Kier molecular flexibility index (Phi) is 10.4. The predicted molar refractivity (Wildman–Crippen MR) is 146 cm³/mol. The van der Waals surface area contributed by atoms with Crippen LogP contribution in [0.1, 0.15) is 82.9 Å². The van der Waals surface area contributed by atoms with Crippen LogP contribution in [0.15, 0.2) is 35.0 Å². The van der Waals surface area contributed by atoms with Gasteiger partial charge in [-0.25, -0.2) is 0 Å². The van der Waals surface area contributed by atoms with Crippen LogP contribution in [0.4, 0.5) is 0 Å². The van der Waals surface area contributed by atoms with Crippen molar-refractivity contribution in [3.63, 3.8) is 0 Å². The highest BCUT2D eigenvalue weighted by atomic mass is 35.5. The average molecular weight is 517 g/mol. The van der Waals surface area contributed by atoms with Crippen LogP contribution in [0.3, 0.4) is 0 Å². The van der Waals surface area contributed by atoms with Gasteiger partial charge in [-0.1, -0.05) is 41.4 Å². The highest BCUT2D eigenvalue weighted by Crippen LogP contribution is 2.40. The molecule has 2 heterocycles. The third-order valence-electron chi connectivity index (χ3n) is 6.88. The maximum atomic E-state index is 12.6. The number of hydrogen-bond donors (Lipinski definition) is 1. The second kappa shape index (κ2) is 13.3. The Morgan fingerprint density at radius 3 is 2.67 bits per heavy atom. The third-order valence-corrected chi connectivity index (χ3v) is 7.30. The number of carbonyl (C=O) groups excluding carboxylic acids is 1. The van der Waals surface area contributed by atoms with Crippen molar-refractivity contribution < 1.29 is 19.5 Å². The number of amides is 1. The molecule has 2 aliphatic rings. The number of aryl methyl sites for hydroxylation is 1. The van der Waals surface area contributed by atoms with Gasteiger partial charge in [0.2, 0.25) is 0 Å². The summed E-state index contributed by atoms with van der Waals surface area (Å²) in [7, 11) is 0. The fourth-order valence-corrected chi connectivity index (χ4v) is 5.22. The Morgan fingerprint density at radius 2 is 1.94 bits per heavy atom. The van der Waals surface area contributed by atoms with Gasteiger partial charge in [0.05, 0.1) is 22.9 Å². The number of rotatable bonds is 4. The average Bonchev–Trinajstić information content (AvgIpc) is 2.85. The van der Waals surface area contributed by atoms with Crippen LogP contribution in [-0.4, -0.2) is 47.9 Å². The zero-order valence-electron chi connectivity index (χ0n) is 22.2. The van der Waals surface area contributed by atoms with Crippen LogP contribution in [0.5, 0.6) is 5.75 Å². The Labute approximate surface area is 221 Å². The number of hydrogen-bond acceptors (Lipinski definition) is 5. The first-order valence-corrected chi connectivity index (χ1v) is 13.6. The molecule has 1 fully saturated rings. The Balaban J connectivity index is 1.98. The summed E-state index contributed by atoms with van der Waals surface area (Å²) in [6.45, 7) is 10.3. The molecule has 0 bridgehead atoms. The van der Waals surface area contributed by atoms with E-state index in [-0.39, 0.29) is 18.3 Å². The second-order valence-corrected chi connectivity index (χ2v) is 10.6. The number of phenols is 1. The SMILES string of the molecule is CCc1cc(O)c(Cl)c2c1C(C)(C)OCC/C=C/CC/C(C)=C/C(=N/OCC(=O)N1CCCCC1)C2. The highest BCUT2D eigenvalue weighted by molar-refractivity contribution is 6.33. The van der Waals surface area contributed by atoms with Crippen molar-refractivity contribution in [2.24, 2.45) is 5.16 Å². The van der Waals surface area contributed by atoms with Gasteiger partial charge in [-0.15, -0.1) is 0 Å². The van der Waals surface area contributed by atoms with Gasteiger partial charge in [-0.05, 0) is 94.5 Å². The number of piperidine rings is 1. The van der Waals surface area contributed by atoms with Gasteiger partial charge in [0.15, 0.2) is 6.61 Å². The number of aromatic hydroxyl groups is 1. The fraction of sp³-hybridized carbons (Fsp3) is 0.586. The molecule has 6 nitrogen and oxygen atoms in total. The van der Waals surface area contributed by atoms with E-state index in [1.165, 1.54) is 6.42 Å². The number of carbonyl (C=O) groups is 1. The first kappa shape index (κ1) is 28.3. The van der Waals surface area contributed by atoms with Crippen molar-refractivity contribution in [2.75, 3.05) is 26.3 Å². The second-order valence-electron chi connectivity index (χ2n) is 10.2. The van der Waals surface area contributed by atoms with Crippen LogP contribution < -0.4 is 0 Å². The van der Waals surface area contributed by atoms with Crippen molar-refractivity contribution in [1.29, 1.82) is 0 Å². The monoisotopic (exact) mass is 516 g/mol. The van der Waals surface area contributed by atoms with Gasteiger partial charge in [0.25, 0.3) is 5.91 Å². The minimum Gasteiger partial charge on any atom is -0.506 e. The molecule has 0 atom stereocenters. The number of fused-ring (bicyclic) bond motifs is 1. The van der Waals surface area contributed by atoms with Crippen molar-refractivity contribution in [2.45, 2.75) is 84.7 Å². The van der Waals surface area contributed by atoms with Crippen molar-refractivity contribution in [3.05, 3.63) is 51.6 Å². The van der Waals surface area contributed by atoms with Crippen LogP contribution >= 0.6 is 11.6 Å². The van der Waals surface area contributed by atoms with E-state index in [2.05, 4.69) is 31.2 Å². The van der Waals surface area contributed by atoms with Crippen LogP contribution in [0, 0.1) is 0 Å². The Morgan fingerprint density at radius 1 is 1.22 bits per heavy atom. The molecule has 0 spiro atoms. The van der Waals surface area contributed by atoms with E-state index in [1.54, 1.807) is 6.07 Å². The highest BCUT2D eigenvalue weighted by Gasteiger charge is 2.30. The van der Waals surface area contributed by atoms with Crippen molar-refractivity contribution in [3.8, 4) is 5.75 Å². The molecule has 36 heavy (non-hydrogen) atoms. The Hall–Kier alpha value is -2.31. The minimum absolute atomic E-state index is 0.0374. The number of benzene rings is 1. The van der Waals surface area contributed by atoms with Gasteiger partial charge in [-0.2, -0.15) is 0 Å². The van der Waals surface area contributed by atoms with E-state index in [4.69, 9.17) is 21.2 Å². The van der Waals surface area contributed by atoms with Gasteiger partial charge in [0.1, 0.15) is 5.75 Å². The van der Waals surface area contributed by atoms with Gasteiger partial charge in [0, 0.05) is 19.5 Å². The number of oxime groups is 1. The first-order chi connectivity index (χ1) is 17.2. The van der Waals surface area contributed by atoms with Crippen LogP contribution in [0.25, 0.3) is 0 Å². The molecule has 0 aromatic heterocycles. The standard InChI is InChI=1S/C29H41ClN2O4/c1-5-22-18-25(33)28(30)24-19-23(31-36-20-26(34)32-14-10-8-11-15-32)17-21(2)13-9-6-7-12-16-35-29(3,4)27(22)24/h6-7,17-18,33H,5,8-16,19-20H2,1-4H3/b7-6+,21-17+,31-23-. The smallest absolute Gasteiger partial charge is 0.263 e. The van der Waals surface area contributed by atoms with Gasteiger partial charge in [-0.3, -0.25) is 4.79 Å². The van der Waals surface area contributed by atoms with E-state index < -0.39 is 5.60 Å². The fourth-order valence-electron chi connectivity index (χ4n) is 5.01. The lowest BCUT2D eigenvalue weighted by molar-refractivity contribution is -0.137. The zero-order chi connectivity index (χ0) is 26.1. The molecule has 1 aromatic carbocycles. The molecule has 0 radical (unpaired) electrons. The molecule has 7 heteroatoms. The summed E-state index contributed by atoms with van der Waals surface area (Å²) in [6.07, 6.45) is 13.3. The van der Waals surface area contributed by atoms with Crippen LogP contribution in [-0.2, 0) is 32.8 Å². The molecule has 3 rings (SSSR count). The molecule has 1 N–H and O–H groups in total. The topological polar surface area (TPSA) is 71.4 Å². The maximum absolute atomic E-state index is 12.6.